The number of morpholine rings is 1. The highest BCUT2D eigenvalue weighted by Crippen LogP contribution is 2.33. The van der Waals surface area contributed by atoms with E-state index in [1.165, 1.54) is 0 Å². The molecule has 1 fully saturated rings. The summed E-state index contributed by atoms with van der Waals surface area (Å²) in [6.07, 6.45) is 0. The number of fused-ring (bicyclic) bond motifs is 1. The highest BCUT2D eigenvalue weighted by Gasteiger charge is 2.20. The third-order valence-electron chi connectivity index (χ3n) is 3.26. The topological polar surface area (TPSA) is 49.2 Å². The Morgan fingerprint density at radius 1 is 1.26 bits per heavy atom. The molecule has 0 spiro atoms. The predicted molar refractivity (Wildman–Crippen MR) is 74.5 cm³/mol. The molecule has 0 unspecified atom stereocenters. The Kier molecular flexibility index (Phi) is 3.24. The predicted octanol–water partition coefficient (Wildman–Crippen LogP) is 2.60. The fourth-order valence-electron chi connectivity index (χ4n) is 2.38. The van der Waals surface area contributed by atoms with Crippen LogP contribution in [0, 0.1) is 11.3 Å². The van der Waals surface area contributed by atoms with Crippen LogP contribution in [0.15, 0.2) is 24.3 Å². The normalized spacial score (nSPS) is 15.5. The molecule has 4 nitrogen and oxygen atoms in total. The van der Waals surface area contributed by atoms with E-state index in [-0.39, 0.29) is 5.15 Å². The molecule has 19 heavy (non-hydrogen) atoms. The van der Waals surface area contributed by atoms with Gasteiger partial charge in [0.2, 0.25) is 0 Å². The monoisotopic (exact) mass is 273 g/mol. The van der Waals surface area contributed by atoms with E-state index in [1.807, 2.05) is 24.3 Å². The van der Waals surface area contributed by atoms with Gasteiger partial charge in [-0.1, -0.05) is 29.8 Å². The first-order chi connectivity index (χ1) is 9.31. The fourth-order valence-corrected chi connectivity index (χ4v) is 2.60. The maximum atomic E-state index is 9.36. The molecular weight excluding hydrogens is 262 g/mol. The summed E-state index contributed by atoms with van der Waals surface area (Å²) in [5, 5.41) is 10.6. The van der Waals surface area contributed by atoms with Crippen LogP contribution in [0.4, 0.5) is 5.69 Å². The molecule has 0 amide bonds. The number of halogens is 1. The molecular formula is C14H12ClN3O. The summed E-state index contributed by atoms with van der Waals surface area (Å²) in [6, 6.07) is 9.93. The van der Waals surface area contributed by atoms with Crippen molar-refractivity contribution in [2.24, 2.45) is 0 Å². The van der Waals surface area contributed by atoms with Crippen LogP contribution >= 0.6 is 11.6 Å². The number of hydrogen-bond donors (Lipinski definition) is 0. The van der Waals surface area contributed by atoms with Gasteiger partial charge in [-0.3, -0.25) is 0 Å². The number of para-hydroxylation sites is 1. The third kappa shape index (κ3) is 2.12. The highest BCUT2D eigenvalue weighted by atomic mass is 35.5. The number of ether oxygens (including phenoxy) is 1. The number of hydrogen-bond acceptors (Lipinski definition) is 4. The van der Waals surface area contributed by atoms with Crippen molar-refractivity contribution >= 4 is 28.2 Å². The lowest BCUT2D eigenvalue weighted by Crippen LogP contribution is -2.36. The number of benzene rings is 1. The molecule has 0 saturated carbocycles. The molecule has 2 aromatic rings. The fraction of sp³-hybridized carbons (Fsp3) is 0.286. The van der Waals surface area contributed by atoms with Gasteiger partial charge < -0.3 is 9.64 Å². The van der Waals surface area contributed by atoms with Crippen LogP contribution in [0.1, 0.15) is 5.56 Å². The molecule has 1 aliphatic heterocycles. The van der Waals surface area contributed by atoms with Crippen molar-refractivity contribution in [1.82, 2.24) is 4.98 Å². The van der Waals surface area contributed by atoms with Gasteiger partial charge in [0.25, 0.3) is 0 Å². The number of anilines is 1. The second-order valence-corrected chi connectivity index (χ2v) is 4.71. The van der Waals surface area contributed by atoms with Crippen molar-refractivity contribution in [1.29, 1.82) is 5.26 Å². The van der Waals surface area contributed by atoms with Crippen molar-refractivity contribution in [3.05, 3.63) is 35.0 Å². The van der Waals surface area contributed by atoms with Crippen molar-refractivity contribution in [2.45, 2.75) is 0 Å². The summed E-state index contributed by atoms with van der Waals surface area (Å²) in [4.78, 5) is 6.44. The van der Waals surface area contributed by atoms with Gasteiger partial charge in [0.05, 0.1) is 24.4 Å². The molecule has 1 aliphatic rings. The van der Waals surface area contributed by atoms with Crippen molar-refractivity contribution in [3.63, 3.8) is 0 Å². The zero-order valence-corrected chi connectivity index (χ0v) is 11.0. The van der Waals surface area contributed by atoms with Crippen LogP contribution < -0.4 is 4.90 Å². The van der Waals surface area contributed by atoms with E-state index in [0.717, 1.165) is 29.7 Å². The van der Waals surface area contributed by atoms with Crippen molar-refractivity contribution < 1.29 is 4.74 Å². The molecule has 2 heterocycles. The first-order valence-electron chi connectivity index (χ1n) is 6.12. The number of aromatic nitrogens is 1. The second-order valence-electron chi connectivity index (χ2n) is 4.35. The molecule has 5 heteroatoms. The molecule has 96 valence electrons. The zero-order valence-electron chi connectivity index (χ0n) is 10.3. The Morgan fingerprint density at radius 3 is 2.74 bits per heavy atom. The van der Waals surface area contributed by atoms with E-state index in [2.05, 4.69) is 16.0 Å². The van der Waals surface area contributed by atoms with E-state index in [9.17, 15) is 5.26 Å². The summed E-state index contributed by atoms with van der Waals surface area (Å²) in [5.74, 6) is 0. The molecule has 0 aliphatic carbocycles. The van der Waals surface area contributed by atoms with E-state index >= 15 is 0 Å². The van der Waals surface area contributed by atoms with Gasteiger partial charge in [-0.2, -0.15) is 5.26 Å². The van der Waals surface area contributed by atoms with Gasteiger partial charge in [0, 0.05) is 18.5 Å². The Hall–Kier alpha value is -1.83. The highest BCUT2D eigenvalue weighted by molar-refractivity contribution is 6.31. The van der Waals surface area contributed by atoms with E-state index in [4.69, 9.17) is 16.3 Å². The number of pyridine rings is 1. The van der Waals surface area contributed by atoms with E-state index in [1.54, 1.807) is 0 Å². The van der Waals surface area contributed by atoms with Crippen LogP contribution in [-0.4, -0.2) is 31.3 Å². The van der Waals surface area contributed by atoms with E-state index < -0.39 is 0 Å². The summed E-state index contributed by atoms with van der Waals surface area (Å²) >= 11 is 6.14. The molecule has 0 atom stereocenters. The van der Waals surface area contributed by atoms with Crippen LogP contribution in [-0.2, 0) is 4.74 Å². The molecule has 0 N–H and O–H groups in total. The smallest absolute Gasteiger partial charge is 0.149 e. The third-order valence-corrected chi connectivity index (χ3v) is 3.53. The first kappa shape index (κ1) is 12.2. The Labute approximate surface area is 116 Å². The summed E-state index contributed by atoms with van der Waals surface area (Å²) < 4.78 is 5.36. The zero-order chi connectivity index (χ0) is 13.2. The summed E-state index contributed by atoms with van der Waals surface area (Å²) in [5.41, 5.74) is 2.14. The van der Waals surface area contributed by atoms with Crippen molar-refractivity contribution in [3.8, 4) is 6.07 Å². The first-order valence-corrected chi connectivity index (χ1v) is 6.50. The summed E-state index contributed by atoms with van der Waals surface area (Å²) in [6.45, 7) is 2.86. The van der Waals surface area contributed by atoms with Gasteiger partial charge in [0.15, 0.2) is 0 Å². The molecule has 1 aromatic heterocycles. The molecule has 0 bridgehead atoms. The molecule has 1 aromatic carbocycles. The quantitative estimate of drug-likeness (QED) is 0.750. The van der Waals surface area contributed by atoms with Crippen molar-refractivity contribution in [2.75, 3.05) is 31.2 Å². The Balaban J connectivity index is 2.26. The summed E-state index contributed by atoms with van der Waals surface area (Å²) in [7, 11) is 0. The lowest BCUT2D eigenvalue weighted by molar-refractivity contribution is 0.123. The lowest BCUT2D eigenvalue weighted by Gasteiger charge is -2.30. The minimum atomic E-state index is 0.266. The Bertz CT molecular complexity index is 660. The van der Waals surface area contributed by atoms with Gasteiger partial charge in [-0.05, 0) is 6.07 Å². The average molecular weight is 274 g/mol. The number of rotatable bonds is 1. The van der Waals surface area contributed by atoms with E-state index in [0.29, 0.717) is 18.8 Å². The number of nitrogens with zero attached hydrogens (tertiary/aromatic N) is 3. The SMILES string of the molecule is N#Cc1c(Cl)nc2ccccc2c1N1CCOCC1. The lowest BCUT2D eigenvalue weighted by atomic mass is 10.1. The van der Waals surface area contributed by atoms with Gasteiger partial charge in [-0.25, -0.2) is 4.98 Å². The standard InChI is InChI=1S/C14H12ClN3O/c15-14-11(9-16)13(18-5-7-19-8-6-18)10-3-1-2-4-12(10)17-14/h1-4H,5-8H2. The maximum absolute atomic E-state index is 9.36. The van der Waals surface area contributed by atoms with Crippen LogP contribution in [0.25, 0.3) is 10.9 Å². The Morgan fingerprint density at radius 2 is 2.00 bits per heavy atom. The minimum absolute atomic E-state index is 0.266. The number of nitriles is 1. The van der Waals surface area contributed by atoms with Crippen LogP contribution in [0.3, 0.4) is 0 Å². The minimum Gasteiger partial charge on any atom is -0.378 e. The van der Waals surface area contributed by atoms with Gasteiger partial charge in [-0.15, -0.1) is 0 Å². The molecule has 0 radical (unpaired) electrons. The molecule has 3 rings (SSSR count). The average Bonchev–Trinajstić information content (AvgIpc) is 2.46. The van der Waals surface area contributed by atoms with Gasteiger partial charge >= 0.3 is 0 Å². The second kappa shape index (κ2) is 5.04. The maximum Gasteiger partial charge on any atom is 0.149 e. The van der Waals surface area contributed by atoms with Crippen LogP contribution in [0.2, 0.25) is 5.15 Å². The largest absolute Gasteiger partial charge is 0.378 e. The van der Waals surface area contributed by atoms with Crippen LogP contribution in [0.5, 0.6) is 0 Å². The molecule has 1 saturated heterocycles. The van der Waals surface area contributed by atoms with Gasteiger partial charge in [0.1, 0.15) is 16.8 Å².